The topological polar surface area (TPSA) is 0 Å². The van der Waals surface area contributed by atoms with Crippen LogP contribution in [0.4, 0.5) is 0 Å². The van der Waals surface area contributed by atoms with E-state index in [2.05, 4.69) is 14.8 Å². The maximum atomic E-state index is 2.61. The van der Waals surface area contributed by atoms with E-state index < -0.39 is 0 Å². The zero-order valence-electron chi connectivity index (χ0n) is 21.3. The van der Waals surface area contributed by atoms with E-state index in [4.69, 9.17) is 0 Å². The Morgan fingerprint density at radius 2 is 1.07 bits per heavy atom. The van der Waals surface area contributed by atoms with Crippen molar-refractivity contribution in [1.82, 2.24) is 0 Å². The van der Waals surface area contributed by atoms with Crippen LogP contribution < -0.4 is 0 Å². The molecule has 2 fully saturated rings. The molecular weight excluding hydrogens is 359 g/mol. The summed E-state index contributed by atoms with van der Waals surface area (Å²) in [6, 6.07) is 0. The van der Waals surface area contributed by atoms with E-state index in [1.54, 1.807) is 6.42 Å². The Hall–Kier alpha value is 0.0649. The van der Waals surface area contributed by atoms with Crippen LogP contribution in [0, 0.1) is 23.7 Å². The second kappa shape index (κ2) is 17.6. The standard InChI is InChI=1S/C29H57B/c1-26(29-22-15-11-14-20-28(25-29)23-24-30)17-16-21-27-18-12-9-7-5-3-2-4-6-8-10-13-19-27/h26-29H,2-25,30H2,1H3. The second-order valence-corrected chi connectivity index (χ2v) is 11.5. The molecule has 0 saturated heterocycles. The molecule has 0 heterocycles. The molecule has 2 saturated carbocycles. The summed E-state index contributed by atoms with van der Waals surface area (Å²) in [5, 5.41) is 0. The Labute approximate surface area is 192 Å². The van der Waals surface area contributed by atoms with Crippen LogP contribution in [-0.4, -0.2) is 7.85 Å². The molecule has 0 aromatic carbocycles. The zero-order valence-corrected chi connectivity index (χ0v) is 21.3. The van der Waals surface area contributed by atoms with Crippen molar-refractivity contribution in [2.75, 3.05) is 0 Å². The first-order chi connectivity index (χ1) is 14.8. The van der Waals surface area contributed by atoms with Gasteiger partial charge in [-0.05, 0) is 30.1 Å². The molecule has 30 heavy (non-hydrogen) atoms. The smallest absolute Gasteiger partial charge is 0.0808 e. The van der Waals surface area contributed by atoms with Gasteiger partial charge in [-0.25, -0.2) is 0 Å². The highest BCUT2D eigenvalue weighted by Gasteiger charge is 2.23. The average Bonchev–Trinajstić information content (AvgIpc) is 2.72. The fraction of sp³-hybridized carbons (Fsp3) is 1.00. The monoisotopic (exact) mass is 416 g/mol. The number of hydrogen-bond acceptors (Lipinski definition) is 0. The van der Waals surface area contributed by atoms with Crippen LogP contribution in [0.1, 0.15) is 155 Å². The third-order valence-corrected chi connectivity index (χ3v) is 8.82. The summed E-state index contributed by atoms with van der Waals surface area (Å²) in [6.07, 6.45) is 36.2. The summed E-state index contributed by atoms with van der Waals surface area (Å²) in [5.74, 6) is 4.10. The molecule has 0 amide bonds. The molecular formula is C29H57B. The van der Waals surface area contributed by atoms with Gasteiger partial charge in [0.25, 0.3) is 0 Å². The first-order valence-corrected chi connectivity index (χ1v) is 14.8. The molecule has 0 spiro atoms. The van der Waals surface area contributed by atoms with E-state index in [0.717, 1.165) is 23.7 Å². The minimum Gasteiger partial charge on any atom is -0.0808 e. The Morgan fingerprint density at radius 3 is 1.63 bits per heavy atom. The van der Waals surface area contributed by atoms with Gasteiger partial charge >= 0.3 is 0 Å². The highest BCUT2D eigenvalue weighted by atomic mass is 14.3. The van der Waals surface area contributed by atoms with Gasteiger partial charge in [0.2, 0.25) is 0 Å². The summed E-state index contributed by atoms with van der Waals surface area (Å²) in [6.45, 7) is 2.61. The summed E-state index contributed by atoms with van der Waals surface area (Å²) >= 11 is 0. The van der Waals surface area contributed by atoms with Gasteiger partial charge in [-0.1, -0.05) is 155 Å². The highest BCUT2D eigenvalue weighted by molar-refractivity contribution is 6.08. The quantitative estimate of drug-likeness (QED) is 0.362. The Bertz CT molecular complexity index is 365. The van der Waals surface area contributed by atoms with Crippen LogP contribution in [0.2, 0.25) is 6.32 Å². The van der Waals surface area contributed by atoms with E-state index in [1.807, 2.05) is 0 Å². The highest BCUT2D eigenvalue weighted by Crippen LogP contribution is 2.36. The third-order valence-electron chi connectivity index (χ3n) is 8.82. The van der Waals surface area contributed by atoms with Crippen LogP contribution in [0.3, 0.4) is 0 Å². The molecule has 0 N–H and O–H groups in total. The molecule has 0 bridgehead atoms. The molecule has 1 heteroatoms. The molecule has 0 aliphatic heterocycles. The van der Waals surface area contributed by atoms with Crippen molar-refractivity contribution in [3.63, 3.8) is 0 Å². The van der Waals surface area contributed by atoms with Crippen LogP contribution >= 0.6 is 0 Å². The molecule has 0 nitrogen and oxygen atoms in total. The number of rotatable bonds is 7. The Balaban J connectivity index is 1.71. The molecule has 2 aliphatic rings. The van der Waals surface area contributed by atoms with E-state index in [-0.39, 0.29) is 0 Å². The molecule has 2 rings (SSSR count). The minimum absolute atomic E-state index is 0.973. The van der Waals surface area contributed by atoms with Crippen LogP contribution in [-0.2, 0) is 0 Å². The molecule has 3 unspecified atom stereocenters. The maximum absolute atomic E-state index is 2.61. The predicted octanol–water partition coefficient (Wildman–Crippen LogP) is 9.52. The first kappa shape index (κ1) is 26.3. The van der Waals surface area contributed by atoms with Crippen molar-refractivity contribution in [2.24, 2.45) is 23.7 Å². The second-order valence-electron chi connectivity index (χ2n) is 11.5. The molecule has 2 aliphatic carbocycles. The van der Waals surface area contributed by atoms with Crippen molar-refractivity contribution >= 4 is 7.85 Å². The van der Waals surface area contributed by atoms with Gasteiger partial charge in [-0.2, -0.15) is 0 Å². The molecule has 3 atom stereocenters. The van der Waals surface area contributed by atoms with Gasteiger partial charge < -0.3 is 0 Å². The number of hydrogen-bond donors (Lipinski definition) is 0. The largest absolute Gasteiger partial charge is 0.101 e. The molecule has 0 aromatic rings. The average molecular weight is 417 g/mol. The van der Waals surface area contributed by atoms with Gasteiger partial charge in [-0.3, -0.25) is 0 Å². The first-order valence-electron chi connectivity index (χ1n) is 14.8. The summed E-state index contributed by atoms with van der Waals surface area (Å²) in [7, 11) is 2.39. The van der Waals surface area contributed by atoms with Crippen LogP contribution in [0.25, 0.3) is 0 Å². The lowest BCUT2D eigenvalue weighted by Crippen LogP contribution is -2.19. The lowest BCUT2D eigenvalue weighted by molar-refractivity contribution is 0.213. The van der Waals surface area contributed by atoms with Gasteiger partial charge in [0.1, 0.15) is 7.85 Å². The molecule has 0 radical (unpaired) electrons. The normalized spacial score (nSPS) is 28.2. The summed E-state index contributed by atoms with van der Waals surface area (Å²) < 4.78 is 0. The van der Waals surface area contributed by atoms with E-state index in [9.17, 15) is 0 Å². The van der Waals surface area contributed by atoms with Crippen molar-refractivity contribution in [3.8, 4) is 0 Å². The van der Waals surface area contributed by atoms with Crippen LogP contribution in [0.5, 0.6) is 0 Å². The Morgan fingerprint density at radius 1 is 0.600 bits per heavy atom. The van der Waals surface area contributed by atoms with Gasteiger partial charge in [0, 0.05) is 0 Å². The van der Waals surface area contributed by atoms with Crippen molar-refractivity contribution in [1.29, 1.82) is 0 Å². The van der Waals surface area contributed by atoms with E-state index in [1.165, 1.54) is 148 Å². The molecule has 176 valence electrons. The maximum Gasteiger partial charge on any atom is 0.101 e. The lowest BCUT2D eigenvalue weighted by Gasteiger charge is -2.31. The SMILES string of the molecule is BCCC1CCCCCC(C(C)CCCC2CCCCCCCCCCCCC2)C1. The predicted molar refractivity (Wildman–Crippen MR) is 139 cm³/mol. The third kappa shape index (κ3) is 12.2. The minimum atomic E-state index is 0.973. The van der Waals surface area contributed by atoms with Gasteiger partial charge in [0.15, 0.2) is 0 Å². The van der Waals surface area contributed by atoms with Gasteiger partial charge in [0.05, 0.1) is 0 Å². The summed E-state index contributed by atoms with van der Waals surface area (Å²) in [5.41, 5.74) is 0. The van der Waals surface area contributed by atoms with E-state index in [0.29, 0.717) is 0 Å². The molecule has 0 aromatic heterocycles. The fourth-order valence-electron chi connectivity index (χ4n) is 6.72. The van der Waals surface area contributed by atoms with Crippen LogP contribution in [0.15, 0.2) is 0 Å². The Kier molecular flexibility index (Phi) is 15.4. The fourth-order valence-corrected chi connectivity index (χ4v) is 6.72. The van der Waals surface area contributed by atoms with E-state index >= 15 is 0 Å². The van der Waals surface area contributed by atoms with Crippen molar-refractivity contribution in [3.05, 3.63) is 0 Å². The van der Waals surface area contributed by atoms with Crippen molar-refractivity contribution in [2.45, 2.75) is 161 Å². The van der Waals surface area contributed by atoms with Gasteiger partial charge in [-0.15, -0.1) is 0 Å². The summed E-state index contributed by atoms with van der Waals surface area (Å²) in [4.78, 5) is 0. The zero-order chi connectivity index (χ0) is 21.3. The lowest BCUT2D eigenvalue weighted by atomic mass is 9.74. The van der Waals surface area contributed by atoms with Crippen molar-refractivity contribution < 1.29 is 0 Å².